The van der Waals surface area contributed by atoms with Gasteiger partial charge in [-0.25, -0.2) is 0 Å². The SMILES string of the molecule is O=[N+]([O-])c1ccc(Cl)nc1Oc1ccccc1. The molecule has 0 radical (unpaired) electrons. The lowest BCUT2D eigenvalue weighted by Gasteiger charge is -2.04. The van der Waals surface area contributed by atoms with Crippen molar-refractivity contribution < 1.29 is 9.66 Å². The Labute approximate surface area is 102 Å². The Balaban J connectivity index is 2.37. The number of nitrogens with zero attached hydrogens (tertiary/aromatic N) is 2. The lowest BCUT2D eigenvalue weighted by atomic mass is 10.3. The summed E-state index contributed by atoms with van der Waals surface area (Å²) < 4.78 is 5.31. The predicted octanol–water partition coefficient (Wildman–Crippen LogP) is 3.44. The van der Waals surface area contributed by atoms with Crippen molar-refractivity contribution in [1.29, 1.82) is 0 Å². The molecule has 0 aliphatic rings. The molecule has 1 aromatic heterocycles. The number of rotatable bonds is 3. The lowest BCUT2D eigenvalue weighted by molar-refractivity contribution is -0.386. The highest BCUT2D eigenvalue weighted by atomic mass is 35.5. The van der Waals surface area contributed by atoms with E-state index in [4.69, 9.17) is 16.3 Å². The maximum Gasteiger partial charge on any atom is 0.331 e. The van der Waals surface area contributed by atoms with E-state index in [1.807, 2.05) is 6.07 Å². The summed E-state index contributed by atoms with van der Waals surface area (Å²) >= 11 is 5.67. The average molecular weight is 251 g/mol. The van der Waals surface area contributed by atoms with Gasteiger partial charge in [-0.2, -0.15) is 4.98 Å². The van der Waals surface area contributed by atoms with Crippen molar-refractivity contribution >= 4 is 17.3 Å². The van der Waals surface area contributed by atoms with Crippen LogP contribution in [0.5, 0.6) is 11.6 Å². The van der Waals surface area contributed by atoms with Crippen LogP contribution in [0.4, 0.5) is 5.69 Å². The second-order valence-corrected chi connectivity index (χ2v) is 3.52. The summed E-state index contributed by atoms with van der Waals surface area (Å²) in [7, 11) is 0. The number of ether oxygens (including phenoxy) is 1. The Morgan fingerprint density at radius 3 is 2.53 bits per heavy atom. The van der Waals surface area contributed by atoms with Crippen LogP contribution >= 0.6 is 11.6 Å². The molecule has 1 heterocycles. The third kappa shape index (κ3) is 2.70. The van der Waals surface area contributed by atoms with Gasteiger partial charge in [-0.05, 0) is 18.2 Å². The highest BCUT2D eigenvalue weighted by Gasteiger charge is 2.17. The van der Waals surface area contributed by atoms with E-state index in [-0.39, 0.29) is 16.7 Å². The normalized spacial score (nSPS) is 9.94. The second-order valence-electron chi connectivity index (χ2n) is 3.13. The van der Waals surface area contributed by atoms with Gasteiger partial charge in [0, 0.05) is 6.07 Å². The number of pyridine rings is 1. The van der Waals surface area contributed by atoms with E-state index in [9.17, 15) is 10.1 Å². The first kappa shape index (κ1) is 11.3. The molecule has 0 N–H and O–H groups in total. The summed E-state index contributed by atoms with van der Waals surface area (Å²) in [4.78, 5) is 14.0. The van der Waals surface area contributed by atoms with E-state index in [1.165, 1.54) is 12.1 Å². The zero-order chi connectivity index (χ0) is 12.3. The minimum atomic E-state index is -0.568. The van der Waals surface area contributed by atoms with Crippen LogP contribution in [0, 0.1) is 10.1 Å². The monoisotopic (exact) mass is 250 g/mol. The lowest BCUT2D eigenvalue weighted by Crippen LogP contribution is -1.95. The fourth-order valence-corrected chi connectivity index (χ4v) is 1.36. The van der Waals surface area contributed by atoms with Crippen LogP contribution in [0.1, 0.15) is 0 Å². The minimum Gasteiger partial charge on any atom is -0.434 e. The molecule has 0 atom stereocenters. The molecule has 6 heteroatoms. The van der Waals surface area contributed by atoms with E-state index in [2.05, 4.69) is 4.98 Å². The van der Waals surface area contributed by atoms with Crippen molar-refractivity contribution in [2.24, 2.45) is 0 Å². The highest BCUT2D eigenvalue weighted by Crippen LogP contribution is 2.30. The first-order valence-corrected chi connectivity index (χ1v) is 5.08. The Bertz CT molecular complexity index is 546. The molecule has 5 nitrogen and oxygen atoms in total. The van der Waals surface area contributed by atoms with Gasteiger partial charge >= 0.3 is 11.6 Å². The quantitative estimate of drug-likeness (QED) is 0.475. The summed E-state index contributed by atoms with van der Waals surface area (Å²) in [6.07, 6.45) is 0. The molecule has 0 saturated carbocycles. The molecule has 0 amide bonds. The van der Waals surface area contributed by atoms with Gasteiger partial charge in [-0.1, -0.05) is 29.8 Å². The standard InChI is InChI=1S/C11H7ClN2O3/c12-10-7-6-9(14(15)16)11(13-10)17-8-4-2-1-3-5-8/h1-7H. The Morgan fingerprint density at radius 2 is 1.88 bits per heavy atom. The van der Waals surface area contributed by atoms with E-state index in [0.717, 1.165) is 0 Å². The van der Waals surface area contributed by atoms with Gasteiger partial charge in [0.15, 0.2) is 0 Å². The molecule has 0 unspecified atom stereocenters. The van der Waals surface area contributed by atoms with Gasteiger partial charge in [-0.15, -0.1) is 0 Å². The zero-order valence-corrected chi connectivity index (χ0v) is 9.29. The van der Waals surface area contributed by atoms with Gasteiger partial charge in [0.05, 0.1) is 4.92 Å². The van der Waals surface area contributed by atoms with Crippen LogP contribution in [0.15, 0.2) is 42.5 Å². The molecule has 86 valence electrons. The van der Waals surface area contributed by atoms with Gasteiger partial charge in [-0.3, -0.25) is 10.1 Å². The number of nitro groups is 1. The predicted molar refractivity (Wildman–Crippen MR) is 62.4 cm³/mol. The van der Waals surface area contributed by atoms with Crippen molar-refractivity contribution in [3.05, 3.63) is 57.7 Å². The molecule has 17 heavy (non-hydrogen) atoms. The fourth-order valence-electron chi connectivity index (χ4n) is 1.22. The van der Waals surface area contributed by atoms with E-state index >= 15 is 0 Å². The van der Waals surface area contributed by atoms with Crippen molar-refractivity contribution in [1.82, 2.24) is 4.98 Å². The maximum atomic E-state index is 10.8. The second kappa shape index (κ2) is 4.80. The number of hydrogen-bond donors (Lipinski definition) is 0. The molecule has 0 saturated heterocycles. The Hall–Kier alpha value is -2.14. The molecule has 0 aliphatic heterocycles. The van der Waals surface area contributed by atoms with Crippen LogP contribution in [0.3, 0.4) is 0 Å². The van der Waals surface area contributed by atoms with Crippen LogP contribution in [0.2, 0.25) is 5.15 Å². The number of aromatic nitrogens is 1. The molecule has 1 aromatic carbocycles. The van der Waals surface area contributed by atoms with Crippen LogP contribution < -0.4 is 4.74 Å². The molecule has 2 aromatic rings. The Kier molecular flexibility index (Phi) is 3.20. The van der Waals surface area contributed by atoms with Gasteiger partial charge in [0.2, 0.25) is 0 Å². The van der Waals surface area contributed by atoms with Crippen LogP contribution in [-0.2, 0) is 0 Å². The first-order valence-electron chi connectivity index (χ1n) is 4.70. The number of benzene rings is 1. The molecule has 0 bridgehead atoms. The summed E-state index contributed by atoms with van der Waals surface area (Å²) in [6.45, 7) is 0. The van der Waals surface area contributed by atoms with E-state index in [1.54, 1.807) is 24.3 Å². The van der Waals surface area contributed by atoms with Crippen molar-refractivity contribution in [2.75, 3.05) is 0 Å². The number of halogens is 1. The minimum absolute atomic E-state index is 0.117. The summed E-state index contributed by atoms with van der Waals surface area (Å²) in [6, 6.07) is 11.3. The van der Waals surface area contributed by atoms with Crippen LogP contribution in [-0.4, -0.2) is 9.91 Å². The van der Waals surface area contributed by atoms with E-state index < -0.39 is 4.92 Å². The molecule has 0 aliphatic carbocycles. The summed E-state index contributed by atoms with van der Waals surface area (Å²) in [5, 5.41) is 10.9. The Morgan fingerprint density at radius 1 is 1.18 bits per heavy atom. The van der Waals surface area contributed by atoms with Gasteiger partial charge in [0.1, 0.15) is 10.9 Å². The van der Waals surface area contributed by atoms with Crippen LogP contribution in [0.25, 0.3) is 0 Å². The average Bonchev–Trinajstić information content (AvgIpc) is 2.30. The smallest absolute Gasteiger partial charge is 0.331 e. The number of para-hydroxylation sites is 1. The molecule has 2 rings (SSSR count). The fraction of sp³-hybridized carbons (Fsp3) is 0. The molecule has 0 spiro atoms. The zero-order valence-electron chi connectivity index (χ0n) is 8.54. The third-order valence-corrected chi connectivity index (χ3v) is 2.17. The van der Waals surface area contributed by atoms with Gasteiger partial charge < -0.3 is 4.74 Å². The summed E-state index contributed by atoms with van der Waals surface area (Å²) in [5.74, 6) is 0.346. The summed E-state index contributed by atoms with van der Waals surface area (Å²) in [5.41, 5.74) is -0.224. The molecular formula is C11H7ClN2O3. The van der Waals surface area contributed by atoms with Crippen molar-refractivity contribution in [2.45, 2.75) is 0 Å². The third-order valence-electron chi connectivity index (χ3n) is 1.96. The first-order chi connectivity index (χ1) is 8.16. The van der Waals surface area contributed by atoms with Crippen molar-refractivity contribution in [3.8, 4) is 11.6 Å². The van der Waals surface area contributed by atoms with Gasteiger partial charge in [0.25, 0.3) is 0 Å². The largest absolute Gasteiger partial charge is 0.434 e. The highest BCUT2D eigenvalue weighted by molar-refractivity contribution is 6.29. The number of hydrogen-bond acceptors (Lipinski definition) is 4. The molecule has 0 fully saturated rings. The van der Waals surface area contributed by atoms with E-state index in [0.29, 0.717) is 5.75 Å². The molecular weight excluding hydrogens is 244 g/mol. The van der Waals surface area contributed by atoms with Crippen molar-refractivity contribution in [3.63, 3.8) is 0 Å². The topological polar surface area (TPSA) is 65.3 Å². The maximum absolute atomic E-state index is 10.8.